The molecule has 1 aromatic heterocycles. The van der Waals surface area contributed by atoms with Gasteiger partial charge in [0.15, 0.2) is 13.2 Å². The van der Waals surface area contributed by atoms with Gasteiger partial charge in [-0.25, -0.2) is 11.0 Å². The van der Waals surface area contributed by atoms with E-state index >= 15 is 0 Å². The van der Waals surface area contributed by atoms with Crippen LogP contribution in [0, 0.1) is 0 Å². The highest BCUT2D eigenvalue weighted by Gasteiger charge is 2.06. The van der Waals surface area contributed by atoms with Crippen molar-refractivity contribution in [3.63, 3.8) is 0 Å². The van der Waals surface area contributed by atoms with Gasteiger partial charge in [-0.3, -0.25) is 19.3 Å². The highest BCUT2D eigenvalue weighted by Crippen LogP contribution is 2.13. The molecule has 0 spiro atoms. The van der Waals surface area contributed by atoms with Crippen LogP contribution < -0.4 is 20.4 Å². The third-order valence-corrected chi connectivity index (χ3v) is 1.83. The largest absolute Gasteiger partial charge is 0.467 e. The molecule has 1 aromatic rings. The fraction of sp³-hybridized carbons (Fsp3) is 0.364. The second-order valence-corrected chi connectivity index (χ2v) is 3.35. The van der Waals surface area contributed by atoms with Crippen LogP contribution in [-0.2, 0) is 19.3 Å². The smallest absolute Gasteiger partial charge is 0.281 e. The molecule has 2 N–H and O–H groups in total. The van der Waals surface area contributed by atoms with Gasteiger partial charge in [-0.05, 0) is 0 Å². The molecule has 0 unspecified atom stereocenters. The summed E-state index contributed by atoms with van der Waals surface area (Å²) in [4.78, 5) is 35.0. The first-order valence-electron chi connectivity index (χ1n) is 5.52. The quantitative estimate of drug-likeness (QED) is 0.602. The first-order chi connectivity index (χ1) is 9.65. The number of hydrogen-bond acceptors (Lipinski definition) is 7. The van der Waals surface area contributed by atoms with Crippen LogP contribution in [0.15, 0.2) is 18.2 Å². The van der Waals surface area contributed by atoms with Crippen molar-refractivity contribution >= 4 is 11.8 Å². The monoisotopic (exact) mass is 285 g/mol. The Morgan fingerprint density at radius 3 is 1.85 bits per heavy atom. The lowest BCUT2D eigenvalue weighted by molar-refractivity contribution is -0.133. The minimum absolute atomic E-state index is 0.181. The Bertz CT molecular complexity index is 416. The van der Waals surface area contributed by atoms with E-state index in [-0.39, 0.29) is 25.0 Å². The Balaban J connectivity index is 2.45. The average Bonchev–Trinajstić information content (AvgIpc) is 2.44. The summed E-state index contributed by atoms with van der Waals surface area (Å²) in [5.41, 5.74) is 4.19. The van der Waals surface area contributed by atoms with Crippen molar-refractivity contribution in [2.75, 3.05) is 27.4 Å². The van der Waals surface area contributed by atoms with Gasteiger partial charge >= 0.3 is 0 Å². The highest BCUT2D eigenvalue weighted by molar-refractivity contribution is 5.76. The lowest BCUT2D eigenvalue weighted by atomic mass is 10.5. The van der Waals surface area contributed by atoms with Gasteiger partial charge in [0.05, 0.1) is 14.2 Å². The number of pyridine rings is 1. The van der Waals surface area contributed by atoms with Crippen LogP contribution in [0.2, 0.25) is 0 Å². The number of hydrogen-bond donors (Lipinski definition) is 2. The Hall–Kier alpha value is -2.39. The predicted octanol–water partition coefficient (Wildman–Crippen LogP) is -0.806. The number of carbonyl (C=O) groups is 2. The Morgan fingerprint density at radius 2 is 1.45 bits per heavy atom. The van der Waals surface area contributed by atoms with E-state index < -0.39 is 11.8 Å². The summed E-state index contributed by atoms with van der Waals surface area (Å²) in [6.07, 6.45) is 0. The van der Waals surface area contributed by atoms with E-state index in [1.165, 1.54) is 14.2 Å². The van der Waals surface area contributed by atoms with Crippen LogP contribution in [0.5, 0.6) is 11.8 Å². The number of hydroxylamine groups is 2. The van der Waals surface area contributed by atoms with Crippen LogP contribution in [-0.4, -0.2) is 44.2 Å². The number of amides is 2. The summed E-state index contributed by atoms with van der Waals surface area (Å²) >= 11 is 0. The SMILES string of the molecule is CONC(=O)COc1cccc(OCC(=O)NOC)n1. The molecular weight excluding hydrogens is 270 g/mol. The number of nitrogens with zero attached hydrogens (tertiary/aromatic N) is 1. The molecule has 0 saturated heterocycles. The van der Waals surface area contributed by atoms with Gasteiger partial charge in [0, 0.05) is 12.1 Å². The van der Waals surface area contributed by atoms with Crippen molar-refractivity contribution in [3.8, 4) is 11.8 Å². The summed E-state index contributed by atoms with van der Waals surface area (Å²) in [7, 11) is 2.63. The average molecular weight is 285 g/mol. The molecule has 0 atom stereocenters. The second kappa shape index (κ2) is 8.67. The van der Waals surface area contributed by atoms with Crippen molar-refractivity contribution in [2.45, 2.75) is 0 Å². The molecule has 0 aliphatic heterocycles. The third kappa shape index (κ3) is 5.98. The first-order valence-corrected chi connectivity index (χ1v) is 5.52. The molecule has 9 heteroatoms. The summed E-state index contributed by atoms with van der Waals surface area (Å²) < 4.78 is 10.2. The summed E-state index contributed by atoms with van der Waals surface area (Å²) in [5.74, 6) is -0.554. The summed E-state index contributed by atoms with van der Waals surface area (Å²) in [6.45, 7) is -0.511. The van der Waals surface area contributed by atoms with E-state index in [4.69, 9.17) is 9.47 Å². The minimum Gasteiger partial charge on any atom is -0.467 e. The molecule has 0 aromatic carbocycles. The molecule has 110 valence electrons. The standard InChI is InChI=1S/C11H15N3O6/c1-17-13-8(15)6-19-10-4-3-5-11(12-10)20-7-9(16)14-18-2/h3-5H,6-7H2,1-2H3,(H,13,15)(H,14,16). The van der Waals surface area contributed by atoms with Crippen molar-refractivity contribution in [1.82, 2.24) is 15.9 Å². The number of nitrogens with one attached hydrogen (secondary N) is 2. The zero-order valence-electron chi connectivity index (χ0n) is 11.0. The molecule has 2 amide bonds. The molecule has 0 saturated carbocycles. The van der Waals surface area contributed by atoms with Gasteiger partial charge in [0.25, 0.3) is 11.8 Å². The molecule has 0 fully saturated rings. The van der Waals surface area contributed by atoms with Crippen LogP contribution >= 0.6 is 0 Å². The maximum Gasteiger partial charge on any atom is 0.281 e. The van der Waals surface area contributed by atoms with Crippen molar-refractivity contribution < 1.29 is 28.7 Å². The van der Waals surface area contributed by atoms with E-state index in [1.54, 1.807) is 18.2 Å². The van der Waals surface area contributed by atoms with E-state index in [2.05, 4.69) is 25.6 Å². The van der Waals surface area contributed by atoms with E-state index in [1.807, 2.05) is 0 Å². The van der Waals surface area contributed by atoms with E-state index in [0.29, 0.717) is 0 Å². The zero-order chi connectivity index (χ0) is 14.8. The zero-order valence-corrected chi connectivity index (χ0v) is 11.0. The Morgan fingerprint density at radius 1 is 1.00 bits per heavy atom. The second-order valence-electron chi connectivity index (χ2n) is 3.35. The molecule has 0 radical (unpaired) electrons. The molecule has 0 aliphatic carbocycles. The maximum absolute atomic E-state index is 11.1. The molecule has 20 heavy (non-hydrogen) atoms. The van der Waals surface area contributed by atoms with E-state index in [0.717, 1.165) is 0 Å². The lowest BCUT2D eigenvalue weighted by Gasteiger charge is -2.08. The number of rotatable bonds is 8. The third-order valence-electron chi connectivity index (χ3n) is 1.83. The topological polar surface area (TPSA) is 108 Å². The lowest BCUT2D eigenvalue weighted by Crippen LogP contribution is -2.28. The van der Waals surface area contributed by atoms with Crippen LogP contribution in [0.1, 0.15) is 0 Å². The molecule has 1 heterocycles. The number of carbonyl (C=O) groups excluding carboxylic acids is 2. The van der Waals surface area contributed by atoms with Crippen LogP contribution in [0.3, 0.4) is 0 Å². The van der Waals surface area contributed by atoms with Gasteiger partial charge in [0.2, 0.25) is 11.8 Å². The Kier molecular flexibility index (Phi) is 6.79. The van der Waals surface area contributed by atoms with Gasteiger partial charge in [-0.1, -0.05) is 6.07 Å². The van der Waals surface area contributed by atoms with Gasteiger partial charge in [-0.2, -0.15) is 4.98 Å². The molecule has 0 bridgehead atoms. The minimum atomic E-state index is -0.458. The van der Waals surface area contributed by atoms with Crippen LogP contribution in [0.4, 0.5) is 0 Å². The summed E-state index contributed by atoms with van der Waals surface area (Å²) in [5, 5.41) is 0. The molecule has 9 nitrogen and oxygen atoms in total. The van der Waals surface area contributed by atoms with E-state index in [9.17, 15) is 9.59 Å². The number of aromatic nitrogens is 1. The van der Waals surface area contributed by atoms with Crippen molar-refractivity contribution in [3.05, 3.63) is 18.2 Å². The molecule has 1 rings (SSSR count). The summed E-state index contributed by atoms with van der Waals surface area (Å²) in [6, 6.07) is 4.70. The van der Waals surface area contributed by atoms with Gasteiger partial charge in [-0.15, -0.1) is 0 Å². The number of ether oxygens (including phenoxy) is 2. The van der Waals surface area contributed by atoms with Crippen molar-refractivity contribution in [2.24, 2.45) is 0 Å². The molecule has 0 aliphatic rings. The highest BCUT2D eigenvalue weighted by atomic mass is 16.6. The fourth-order valence-electron chi connectivity index (χ4n) is 1.12. The predicted molar refractivity (Wildman–Crippen MR) is 65.5 cm³/mol. The Labute approximate surface area is 115 Å². The normalized spacial score (nSPS) is 9.70. The van der Waals surface area contributed by atoms with Gasteiger partial charge in [0.1, 0.15) is 0 Å². The maximum atomic E-state index is 11.1. The van der Waals surface area contributed by atoms with Gasteiger partial charge < -0.3 is 9.47 Å². The van der Waals surface area contributed by atoms with Crippen LogP contribution in [0.25, 0.3) is 0 Å². The molecular formula is C11H15N3O6. The van der Waals surface area contributed by atoms with Crippen molar-refractivity contribution in [1.29, 1.82) is 0 Å². The fourth-order valence-corrected chi connectivity index (χ4v) is 1.12. The first kappa shape index (κ1) is 15.7.